The standard InChI is InChI=1S/C25H42O12/c1-4-6-8-10-14(11-9-7-5-2)23(32)34-13(3)16(27)21-20(31)22(24(33)36-21)37-25-19(30)18(29)17(28)15(12-26)35-25/h13-19,21,25-31H,4-12H2,1-3H3/t13?,15-,16+,17-,18+,19-,21?,25?/m1/s1. The molecule has 3 unspecified atom stereocenters. The highest BCUT2D eigenvalue weighted by Gasteiger charge is 2.49. The van der Waals surface area contributed by atoms with Crippen LogP contribution in [0.5, 0.6) is 0 Å². The summed E-state index contributed by atoms with van der Waals surface area (Å²) in [6.45, 7) is 4.83. The van der Waals surface area contributed by atoms with Crippen LogP contribution >= 0.6 is 0 Å². The summed E-state index contributed by atoms with van der Waals surface area (Å²) in [6.07, 6.45) is -5.57. The summed E-state index contributed by atoms with van der Waals surface area (Å²) in [5.41, 5.74) is 0. The number of aliphatic hydroxyl groups is 6. The van der Waals surface area contributed by atoms with Gasteiger partial charge in [0, 0.05) is 0 Å². The maximum atomic E-state index is 12.8. The van der Waals surface area contributed by atoms with Crippen LogP contribution in [0.3, 0.4) is 0 Å². The highest BCUT2D eigenvalue weighted by molar-refractivity contribution is 5.89. The zero-order valence-electron chi connectivity index (χ0n) is 21.7. The number of carbonyl (C=O) groups is 2. The topological polar surface area (TPSA) is 192 Å². The molecule has 6 N–H and O–H groups in total. The fourth-order valence-corrected chi connectivity index (χ4v) is 4.34. The third-order valence-corrected chi connectivity index (χ3v) is 6.74. The van der Waals surface area contributed by atoms with Crippen LogP contribution in [0.1, 0.15) is 72.1 Å². The number of carbonyl (C=O) groups excluding carboxylic acids is 2. The van der Waals surface area contributed by atoms with Crippen molar-refractivity contribution in [3.63, 3.8) is 0 Å². The average Bonchev–Trinajstić information content (AvgIpc) is 3.15. The van der Waals surface area contributed by atoms with Gasteiger partial charge >= 0.3 is 11.9 Å². The van der Waals surface area contributed by atoms with Crippen molar-refractivity contribution in [2.45, 2.75) is 121 Å². The van der Waals surface area contributed by atoms with Crippen molar-refractivity contribution in [2.24, 2.45) is 5.92 Å². The van der Waals surface area contributed by atoms with E-state index in [1.807, 2.05) is 0 Å². The molecule has 1 fully saturated rings. The smallest absolute Gasteiger partial charge is 0.378 e. The van der Waals surface area contributed by atoms with Gasteiger partial charge in [-0.05, 0) is 19.8 Å². The van der Waals surface area contributed by atoms with Crippen LogP contribution in [0.4, 0.5) is 0 Å². The molecule has 0 saturated carbocycles. The minimum absolute atomic E-state index is 0.326. The number of rotatable bonds is 15. The Morgan fingerprint density at radius 1 is 1.00 bits per heavy atom. The predicted molar refractivity (Wildman–Crippen MR) is 128 cm³/mol. The van der Waals surface area contributed by atoms with Crippen LogP contribution in [-0.2, 0) is 28.5 Å². The Balaban J connectivity index is 2.05. The van der Waals surface area contributed by atoms with Crippen LogP contribution in [-0.4, -0.2) is 98.2 Å². The Morgan fingerprint density at radius 3 is 2.14 bits per heavy atom. The first-order chi connectivity index (χ1) is 17.6. The lowest BCUT2D eigenvalue weighted by atomic mass is 9.95. The van der Waals surface area contributed by atoms with Crippen molar-refractivity contribution in [3.05, 3.63) is 11.5 Å². The van der Waals surface area contributed by atoms with Gasteiger partial charge in [0.25, 0.3) is 0 Å². The summed E-state index contributed by atoms with van der Waals surface area (Å²) < 4.78 is 20.9. The van der Waals surface area contributed by atoms with Crippen LogP contribution < -0.4 is 0 Å². The monoisotopic (exact) mass is 534 g/mol. The second-order valence-corrected chi connectivity index (χ2v) is 9.68. The lowest BCUT2D eigenvalue weighted by Gasteiger charge is -2.39. The van der Waals surface area contributed by atoms with E-state index in [0.717, 1.165) is 38.5 Å². The molecule has 2 heterocycles. The second kappa shape index (κ2) is 14.8. The van der Waals surface area contributed by atoms with Gasteiger partial charge < -0.3 is 49.6 Å². The number of cyclic esters (lactones) is 1. The molecule has 2 aliphatic heterocycles. The van der Waals surface area contributed by atoms with Crippen LogP contribution in [0.15, 0.2) is 11.5 Å². The lowest BCUT2D eigenvalue weighted by molar-refractivity contribution is -0.291. The highest BCUT2D eigenvalue weighted by Crippen LogP contribution is 2.31. The summed E-state index contributed by atoms with van der Waals surface area (Å²) in [5.74, 6) is -3.59. The van der Waals surface area contributed by atoms with Gasteiger partial charge in [-0.15, -0.1) is 0 Å². The summed E-state index contributed by atoms with van der Waals surface area (Å²) in [5, 5.41) is 60.4. The Kier molecular flexibility index (Phi) is 12.5. The predicted octanol–water partition coefficient (Wildman–Crippen LogP) is 0.567. The molecular formula is C25H42O12. The van der Waals surface area contributed by atoms with Crippen molar-refractivity contribution in [1.29, 1.82) is 0 Å². The summed E-state index contributed by atoms with van der Waals surface area (Å²) in [6, 6.07) is 0. The maximum Gasteiger partial charge on any atom is 0.378 e. The Hall–Kier alpha value is -1.96. The second-order valence-electron chi connectivity index (χ2n) is 9.68. The summed E-state index contributed by atoms with van der Waals surface area (Å²) in [7, 11) is 0. The van der Waals surface area contributed by atoms with E-state index in [2.05, 4.69) is 13.8 Å². The van der Waals surface area contributed by atoms with E-state index in [9.17, 15) is 40.2 Å². The SMILES string of the molecule is CCCCCC(CCCCC)C(=O)OC(C)[C@H](O)C1OC(=O)C(OC2O[C@H](CO)[C@@H](O)[C@H](O)[C@H]2O)=C1O. The molecule has 0 amide bonds. The van der Waals surface area contributed by atoms with Gasteiger partial charge in [0.05, 0.1) is 12.5 Å². The fraction of sp³-hybridized carbons (Fsp3) is 0.840. The summed E-state index contributed by atoms with van der Waals surface area (Å²) >= 11 is 0. The molecule has 12 nitrogen and oxygen atoms in total. The Bertz CT molecular complexity index is 759. The molecule has 2 rings (SSSR count). The molecule has 37 heavy (non-hydrogen) atoms. The van der Waals surface area contributed by atoms with Gasteiger partial charge in [-0.1, -0.05) is 52.4 Å². The van der Waals surface area contributed by atoms with Crippen LogP contribution in [0, 0.1) is 5.92 Å². The highest BCUT2D eigenvalue weighted by atomic mass is 16.7. The van der Waals surface area contributed by atoms with E-state index in [1.165, 1.54) is 6.92 Å². The molecule has 0 aromatic heterocycles. The van der Waals surface area contributed by atoms with E-state index in [4.69, 9.17) is 18.9 Å². The van der Waals surface area contributed by atoms with E-state index in [0.29, 0.717) is 12.8 Å². The van der Waals surface area contributed by atoms with Crippen molar-refractivity contribution >= 4 is 11.9 Å². The zero-order chi connectivity index (χ0) is 27.7. The minimum atomic E-state index is -1.83. The van der Waals surface area contributed by atoms with Gasteiger partial charge in [0.1, 0.15) is 36.6 Å². The quantitative estimate of drug-likeness (QED) is 0.127. The van der Waals surface area contributed by atoms with E-state index >= 15 is 0 Å². The molecule has 0 bridgehead atoms. The number of unbranched alkanes of at least 4 members (excludes halogenated alkanes) is 4. The zero-order valence-corrected chi connectivity index (χ0v) is 21.7. The molecule has 8 atom stereocenters. The van der Waals surface area contributed by atoms with E-state index < -0.39 is 79.1 Å². The van der Waals surface area contributed by atoms with Gasteiger partial charge in [-0.3, -0.25) is 4.79 Å². The third kappa shape index (κ3) is 8.01. The van der Waals surface area contributed by atoms with Crippen molar-refractivity contribution < 1.29 is 59.2 Å². The van der Waals surface area contributed by atoms with Gasteiger partial charge in [0.15, 0.2) is 11.9 Å². The van der Waals surface area contributed by atoms with E-state index in [1.54, 1.807) is 0 Å². The Labute approximate surface area is 216 Å². The van der Waals surface area contributed by atoms with Gasteiger partial charge in [-0.2, -0.15) is 0 Å². The van der Waals surface area contributed by atoms with Crippen LogP contribution in [0.2, 0.25) is 0 Å². The lowest BCUT2D eigenvalue weighted by Crippen LogP contribution is -2.59. The first kappa shape index (κ1) is 31.3. The third-order valence-electron chi connectivity index (χ3n) is 6.74. The Morgan fingerprint density at radius 2 is 1.59 bits per heavy atom. The first-order valence-corrected chi connectivity index (χ1v) is 13.1. The number of ether oxygens (including phenoxy) is 4. The number of hydrogen-bond acceptors (Lipinski definition) is 12. The normalized spacial score (nSPS) is 29.8. The molecular weight excluding hydrogens is 492 g/mol. The molecule has 0 aromatic rings. The number of aliphatic hydroxyl groups excluding tert-OH is 6. The van der Waals surface area contributed by atoms with Gasteiger partial charge in [0.2, 0.25) is 12.0 Å². The van der Waals surface area contributed by atoms with Crippen molar-refractivity contribution in [1.82, 2.24) is 0 Å². The van der Waals surface area contributed by atoms with E-state index in [-0.39, 0.29) is 5.92 Å². The molecule has 0 spiro atoms. The molecule has 0 radical (unpaired) electrons. The van der Waals surface area contributed by atoms with Crippen molar-refractivity contribution in [3.8, 4) is 0 Å². The number of esters is 2. The fourth-order valence-electron chi connectivity index (χ4n) is 4.34. The van der Waals surface area contributed by atoms with Gasteiger partial charge in [-0.25, -0.2) is 4.79 Å². The molecule has 214 valence electrons. The first-order valence-electron chi connectivity index (χ1n) is 13.1. The molecule has 2 aliphatic rings. The van der Waals surface area contributed by atoms with Crippen LogP contribution in [0.25, 0.3) is 0 Å². The molecule has 0 aliphatic carbocycles. The molecule has 0 aromatic carbocycles. The summed E-state index contributed by atoms with van der Waals surface area (Å²) in [4.78, 5) is 25.2. The minimum Gasteiger partial charge on any atom is -0.505 e. The largest absolute Gasteiger partial charge is 0.505 e. The van der Waals surface area contributed by atoms with Crippen molar-refractivity contribution in [2.75, 3.05) is 6.61 Å². The molecule has 12 heteroatoms. The maximum absolute atomic E-state index is 12.8. The molecule has 1 saturated heterocycles. The average molecular weight is 535 g/mol. The number of hydrogen-bond donors (Lipinski definition) is 6.